The molecular weight excluding hydrogens is 372 g/mol. The molecule has 0 radical (unpaired) electrons. The van der Waals surface area contributed by atoms with Gasteiger partial charge in [-0.3, -0.25) is 0 Å². The van der Waals surface area contributed by atoms with Crippen LogP contribution in [0.5, 0.6) is 11.5 Å². The molecule has 3 rings (SSSR count). The number of aryl methyl sites for hydroxylation is 1. The summed E-state index contributed by atoms with van der Waals surface area (Å²) in [4.78, 5) is 17.1. The van der Waals surface area contributed by atoms with Crippen LogP contribution >= 0.6 is 22.9 Å². The standard InChI is InChI=1S/C19H13ClN2O3S/c1-12-18(19(23)25-16-6-2-13(10-21)3-7-16)26-17(22-12)11-24-15-8-4-14(20)5-9-15/h2-9H,11H2,1H3. The van der Waals surface area contributed by atoms with Crippen molar-refractivity contribution in [2.24, 2.45) is 0 Å². The first-order chi connectivity index (χ1) is 12.5. The fourth-order valence-corrected chi connectivity index (χ4v) is 3.11. The number of benzene rings is 2. The van der Waals surface area contributed by atoms with Crippen molar-refractivity contribution in [1.82, 2.24) is 4.98 Å². The highest BCUT2D eigenvalue weighted by molar-refractivity contribution is 7.13. The average molecular weight is 385 g/mol. The van der Waals surface area contributed by atoms with Gasteiger partial charge in [0.2, 0.25) is 0 Å². The highest BCUT2D eigenvalue weighted by Gasteiger charge is 2.18. The van der Waals surface area contributed by atoms with E-state index in [1.165, 1.54) is 11.3 Å². The average Bonchev–Trinajstić information content (AvgIpc) is 3.03. The first-order valence-electron chi connectivity index (χ1n) is 7.62. The van der Waals surface area contributed by atoms with E-state index < -0.39 is 5.97 Å². The molecule has 1 aromatic heterocycles. The Labute approximate surface area is 159 Å². The van der Waals surface area contributed by atoms with E-state index in [4.69, 9.17) is 26.3 Å². The van der Waals surface area contributed by atoms with Gasteiger partial charge in [0.15, 0.2) is 0 Å². The summed E-state index contributed by atoms with van der Waals surface area (Å²) in [6.45, 7) is 1.99. The van der Waals surface area contributed by atoms with Crippen molar-refractivity contribution in [2.75, 3.05) is 0 Å². The molecule has 0 aliphatic heterocycles. The summed E-state index contributed by atoms with van der Waals surface area (Å²) in [7, 11) is 0. The number of aromatic nitrogens is 1. The Bertz CT molecular complexity index is 960. The maximum atomic E-state index is 12.3. The first kappa shape index (κ1) is 17.9. The van der Waals surface area contributed by atoms with Crippen LogP contribution in [0.2, 0.25) is 5.02 Å². The molecule has 0 spiro atoms. The van der Waals surface area contributed by atoms with Crippen LogP contribution in [0, 0.1) is 18.3 Å². The molecule has 0 bridgehead atoms. The van der Waals surface area contributed by atoms with Crippen molar-refractivity contribution in [3.05, 3.63) is 74.7 Å². The number of ether oxygens (including phenoxy) is 2. The van der Waals surface area contributed by atoms with E-state index in [2.05, 4.69) is 4.98 Å². The second-order valence-electron chi connectivity index (χ2n) is 5.29. The second-order valence-corrected chi connectivity index (χ2v) is 6.81. The van der Waals surface area contributed by atoms with Gasteiger partial charge in [-0.25, -0.2) is 9.78 Å². The zero-order valence-electron chi connectivity index (χ0n) is 13.7. The van der Waals surface area contributed by atoms with Gasteiger partial charge in [0.05, 0.1) is 17.3 Å². The number of thiazole rings is 1. The highest BCUT2D eigenvalue weighted by Crippen LogP contribution is 2.23. The number of halogens is 1. The molecule has 0 atom stereocenters. The number of hydrogen-bond acceptors (Lipinski definition) is 6. The molecule has 0 fully saturated rings. The normalized spacial score (nSPS) is 10.2. The van der Waals surface area contributed by atoms with Gasteiger partial charge in [-0.2, -0.15) is 5.26 Å². The third-order valence-corrected chi connectivity index (χ3v) is 4.76. The Morgan fingerprint density at radius 2 is 1.81 bits per heavy atom. The minimum absolute atomic E-state index is 0.247. The number of nitriles is 1. The van der Waals surface area contributed by atoms with Crippen molar-refractivity contribution in [3.63, 3.8) is 0 Å². The van der Waals surface area contributed by atoms with Gasteiger partial charge < -0.3 is 9.47 Å². The molecule has 0 unspecified atom stereocenters. The Morgan fingerprint density at radius 3 is 2.46 bits per heavy atom. The molecule has 26 heavy (non-hydrogen) atoms. The maximum Gasteiger partial charge on any atom is 0.355 e. The Morgan fingerprint density at radius 1 is 1.15 bits per heavy atom. The molecule has 0 saturated carbocycles. The van der Waals surface area contributed by atoms with E-state index in [0.717, 1.165) is 0 Å². The molecule has 0 amide bonds. The molecule has 5 nitrogen and oxygen atoms in total. The quantitative estimate of drug-likeness (QED) is 0.467. The summed E-state index contributed by atoms with van der Waals surface area (Å²) < 4.78 is 11.0. The minimum Gasteiger partial charge on any atom is -0.486 e. The third kappa shape index (κ3) is 4.39. The molecule has 3 aromatic rings. The van der Waals surface area contributed by atoms with E-state index in [9.17, 15) is 4.79 Å². The minimum atomic E-state index is -0.484. The zero-order chi connectivity index (χ0) is 18.5. The summed E-state index contributed by atoms with van der Waals surface area (Å²) in [6.07, 6.45) is 0. The van der Waals surface area contributed by atoms with E-state index >= 15 is 0 Å². The first-order valence-corrected chi connectivity index (χ1v) is 8.81. The molecule has 0 aliphatic carbocycles. The van der Waals surface area contributed by atoms with Crippen LogP contribution in [0.25, 0.3) is 0 Å². The number of carbonyl (C=O) groups excluding carboxylic acids is 1. The molecule has 0 saturated heterocycles. The molecule has 0 aliphatic rings. The van der Waals surface area contributed by atoms with E-state index in [1.807, 2.05) is 6.07 Å². The monoisotopic (exact) mass is 384 g/mol. The Kier molecular flexibility index (Phi) is 5.52. The van der Waals surface area contributed by atoms with Crippen molar-refractivity contribution >= 4 is 28.9 Å². The Hall–Kier alpha value is -2.88. The predicted octanol–water partition coefficient (Wildman–Crippen LogP) is 4.77. The fraction of sp³-hybridized carbons (Fsp3) is 0.105. The molecule has 7 heteroatoms. The fourth-order valence-electron chi connectivity index (χ4n) is 2.13. The summed E-state index contributed by atoms with van der Waals surface area (Å²) in [6, 6.07) is 15.4. The van der Waals surface area contributed by atoms with Gasteiger partial charge in [-0.15, -0.1) is 11.3 Å². The second kappa shape index (κ2) is 8.00. The van der Waals surface area contributed by atoms with Gasteiger partial charge in [0, 0.05) is 5.02 Å². The van der Waals surface area contributed by atoms with Gasteiger partial charge in [-0.1, -0.05) is 11.6 Å². The van der Waals surface area contributed by atoms with E-state index in [0.29, 0.717) is 37.7 Å². The van der Waals surface area contributed by atoms with Crippen molar-refractivity contribution in [2.45, 2.75) is 13.5 Å². The summed E-state index contributed by atoms with van der Waals surface area (Å²) in [5, 5.41) is 10.1. The lowest BCUT2D eigenvalue weighted by atomic mass is 10.2. The summed E-state index contributed by atoms with van der Waals surface area (Å²) in [5.41, 5.74) is 1.09. The summed E-state index contributed by atoms with van der Waals surface area (Å²) >= 11 is 7.07. The van der Waals surface area contributed by atoms with Crippen LogP contribution < -0.4 is 9.47 Å². The van der Waals surface area contributed by atoms with Crippen LogP contribution in [0.3, 0.4) is 0 Å². The summed E-state index contributed by atoms with van der Waals surface area (Å²) in [5.74, 6) is 0.562. The smallest absolute Gasteiger partial charge is 0.355 e. The number of nitrogens with zero attached hydrogens (tertiary/aromatic N) is 2. The molecule has 0 N–H and O–H groups in total. The van der Waals surface area contributed by atoms with Crippen molar-refractivity contribution in [1.29, 1.82) is 5.26 Å². The molecule has 130 valence electrons. The van der Waals surface area contributed by atoms with Crippen LogP contribution in [0.15, 0.2) is 48.5 Å². The van der Waals surface area contributed by atoms with Gasteiger partial charge >= 0.3 is 5.97 Å². The number of esters is 1. The lowest BCUT2D eigenvalue weighted by molar-refractivity contribution is 0.0739. The van der Waals surface area contributed by atoms with Crippen LogP contribution in [0.4, 0.5) is 0 Å². The zero-order valence-corrected chi connectivity index (χ0v) is 15.3. The maximum absolute atomic E-state index is 12.3. The third-order valence-electron chi connectivity index (χ3n) is 3.40. The van der Waals surface area contributed by atoms with E-state index in [-0.39, 0.29) is 6.61 Å². The number of rotatable bonds is 5. The molecular formula is C19H13ClN2O3S. The molecule has 1 heterocycles. The number of carbonyl (C=O) groups is 1. The van der Waals surface area contributed by atoms with Gasteiger partial charge in [0.25, 0.3) is 0 Å². The van der Waals surface area contributed by atoms with Crippen molar-refractivity contribution < 1.29 is 14.3 Å². The van der Waals surface area contributed by atoms with Crippen LogP contribution in [-0.4, -0.2) is 11.0 Å². The highest BCUT2D eigenvalue weighted by atomic mass is 35.5. The number of hydrogen-bond donors (Lipinski definition) is 0. The predicted molar refractivity (Wildman–Crippen MR) is 98.8 cm³/mol. The molecule has 2 aromatic carbocycles. The van der Waals surface area contributed by atoms with Gasteiger partial charge in [-0.05, 0) is 55.5 Å². The lowest BCUT2D eigenvalue weighted by Gasteiger charge is -2.03. The van der Waals surface area contributed by atoms with Crippen LogP contribution in [0.1, 0.15) is 25.9 Å². The van der Waals surface area contributed by atoms with E-state index in [1.54, 1.807) is 55.5 Å². The van der Waals surface area contributed by atoms with Crippen molar-refractivity contribution in [3.8, 4) is 17.6 Å². The largest absolute Gasteiger partial charge is 0.486 e. The SMILES string of the molecule is Cc1nc(COc2ccc(Cl)cc2)sc1C(=O)Oc1ccc(C#N)cc1. The topological polar surface area (TPSA) is 72.2 Å². The van der Waals surface area contributed by atoms with Crippen LogP contribution in [-0.2, 0) is 6.61 Å². The van der Waals surface area contributed by atoms with Gasteiger partial charge in [0.1, 0.15) is 28.0 Å². The Balaban J connectivity index is 1.65. The lowest BCUT2D eigenvalue weighted by Crippen LogP contribution is -2.07.